The van der Waals surface area contributed by atoms with E-state index < -0.39 is 0 Å². The maximum atomic E-state index is 6.04. The maximum Gasteiger partial charge on any atom is 0.145 e. The predicted octanol–water partition coefficient (Wildman–Crippen LogP) is 3.30. The molecule has 0 unspecified atom stereocenters. The van der Waals surface area contributed by atoms with Gasteiger partial charge in [-0.05, 0) is 32.0 Å². The number of hydrogen-bond acceptors (Lipinski definition) is 4. The molecule has 0 aliphatic carbocycles. The van der Waals surface area contributed by atoms with Crippen molar-refractivity contribution in [1.29, 1.82) is 0 Å². The van der Waals surface area contributed by atoms with Gasteiger partial charge in [0.25, 0.3) is 0 Å². The highest BCUT2D eigenvalue weighted by molar-refractivity contribution is 6.32. The van der Waals surface area contributed by atoms with Gasteiger partial charge in [-0.25, -0.2) is 0 Å². The first kappa shape index (κ1) is 17.0. The van der Waals surface area contributed by atoms with Crippen molar-refractivity contribution < 1.29 is 9.47 Å². The summed E-state index contributed by atoms with van der Waals surface area (Å²) in [5.41, 5.74) is 6.25. The van der Waals surface area contributed by atoms with E-state index in [2.05, 4.69) is 18.7 Å². The highest BCUT2D eigenvalue weighted by Crippen LogP contribution is 2.27. The number of morpholine rings is 1. The van der Waals surface area contributed by atoms with Gasteiger partial charge < -0.3 is 15.2 Å². The normalized spacial score (nSPS) is 17.7. The zero-order chi connectivity index (χ0) is 13.8. The molecule has 1 heterocycles. The van der Waals surface area contributed by atoms with Crippen molar-refractivity contribution in [3.8, 4) is 5.75 Å². The van der Waals surface area contributed by atoms with E-state index in [9.17, 15) is 0 Å². The summed E-state index contributed by atoms with van der Waals surface area (Å²) in [7, 11) is 0. The molecular weight excluding hydrogens is 299 g/mol. The van der Waals surface area contributed by atoms with Gasteiger partial charge in [0, 0.05) is 18.3 Å². The van der Waals surface area contributed by atoms with Crippen LogP contribution in [-0.2, 0) is 4.74 Å². The molecule has 2 rings (SSSR count). The fourth-order valence-electron chi connectivity index (χ4n) is 1.87. The van der Waals surface area contributed by atoms with Crippen LogP contribution >= 0.6 is 24.0 Å². The van der Waals surface area contributed by atoms with E-state index in [1.165, 1.54) is 0 Å². The number of nitrogens with zero attached hydrogens (tertiary/aromatic N) is 1. The van der Waals surface area contributed by atoms with E-state index in [0.717, 1.165) is 18.8 Å². The van der Waals surface area contributed by atoms with Crippen molar-refractivity contribution in [2.45, 2.75) is 19.9 Å². The van der Waals surface area contributed by atoms with Crippen LogP contribution in [0.25, 0.3) is 0 Å². The fraction of sp³-hybridized carbons (Fsp3) is 0.429. The summed E-state index contributed by atoms with van der Waals surface area (Å²) in [6.07, 6.45) is 1.62. The van der Waals surface area contributed by atoms with Gasteiger partial charge in [-0.3, -0.25) is 4.90 Å². The Hall–Kier alpha value is -1.10. The summed E-state index contributed by atoms with van der Waals surface area (Å²) in [5.74, 6) is 1.39. The molecule has 1 fully saturated rings. The van der Waals surface area contributed by atoms with Gasteiger partial charge in [0.1, 0.15) is 24.4 Å². The Balaban J connectivity index is 0.00000200. The molecule has 0 saturated carbocycles. The standard InChI is InChI=1S/C14H19ClN2O2.ClH/c1-10(2)17-5-6-18-12(8-17)9-19-14-4-3-11(16)7-13(14)15;/h3-4,7,9-10H,5-6,8,16H2,1-2H3;1H. The van der Waals surface area contributed by atoms with Gasteiger partial charge >= 0.3 is 0 Å². The van der Waals surface area contributed by atoms with Crippen molar-refractivity contribution >= 4 is 29.7 Å². The molecule has 1 aliphatic heterocycles. The minimum atomic E-state index is 0. The van der Waals surface area contributed by atoms with E-state index in [4.69, 9.17) is 26.8 Å². The summed E-state index contributed by atoms with van der Waals surface area (Å²) in [4.78, 5) is 2.32. The highest BCUT2D eigenvalue weighted by Gasteiger charge is 2.18. The van der Waals surface area contributed by atoms with Gasteiger partial charge in [-0.15, -0.1) is 12.4 Å². The molecule has 1 aromatic carbocycles. The molecule has 0 amide bonds. The SMILES string of the molecule is CC(C)N1CCOC(=COc2ccc(N)cc2Cl)C1.Cl. The number of rotatable bonds is 3. The molecule has 2 N–H and O–H groups in total. The number of halogens is 2. The number of ether oxygens (including phenoxy) is 2. The zero-order valence-corrected chi connectivity index (χ0v) is 13.2. The topological polar surface area (TPSA) is 47.7 Å². The van der Waals surface area contributed by atoms with Crippen LogP contribution in [0.1, 0.15) is 13.8 Å². The number of anilines is 1. The molecule has 0 spiro atoms. The Morgan fingerprint density at radius 1 is 1.45 bits per heavy atom. The van der Waals surface area contributed by atoms with Gasteiger partial charge in [0.15, 0.2) is 0 Å². The molecule has 6 heteroatoms. The second kappa shape index (κ2) is 7.62. The van der Waals surface area contributed by atoms with Crippen LogP contribution in [-0.4, -0.2) is 30.6 Å². The average Bonchev–Trinajstić information content (AvgIpc) is 2.38. The van der Waals surface area contributed by atoms with Crippen LogP contribution in [0.4, 0.5) is 5.69 Å². The van der Waals surface area contributed by atoms with Crippen LogP contribution in [0.15, 0.2) is 30.2 Å². The molecule has 0 aromatic heterocycles. The van der Waals surface area contributed by atoms with Crippen molar-refractivity contribution in [1.82, 2.24) is 4.90 Å². The average molecular weight is 319 g/mol. The Morgan fingerprint density at radius 2 is 2.20 bits per heavy atom. The monoisotopic (exact) mass is 318 g/mol. The molecule has 20 heavy (non-hydrogen) atoms. The van der Waals surface area contributed by atoms with E-state index >= 15 is 0 Å². The Labute approximate surface area is 130 Å². The molecule has 1 aromatic rings. The molecule has 112 valence electrons. The summed E-state index contributed by atoms with van der Waals surface area (Å²) in [5, 5.41) is 0.494. The lowest BCUT2D eigenvalue weighted by molar-refractivity contribution is 0.0710. The third-order valence-electron chi connectivity index (χ3n) is 3.03. The highest BCUT2D eigenvalue weighted by atomic mass is 35.5. The van der Waals surface area contributed by atoms with Crippen LogP contribution in [0, 0.1) is 0 Å². The van der Waals surface area contributed by atoms with Crippen LogP contribution < -0.4 is 10.5 Å². The number of benzene rings is 1. The van der Waals surface area contributed by atoms with Gasteiger partial charge in [-0.2, -0.15) is 0 Å². The molecular formula is C14H20Cl2N2O2. The lowest BCUT2D eigenvalue weighted by atomic mass is 10.3. The maximum absolute atomic E-state index is 6.04. The Kier molecular flexibility index (Phi) is 6.46. The molecule has 0 atom stereocenters. The molecule has 1 saturated heterocycles. The van der Waals surface area contributed by atoms with E-state index in [0.29, 0.717) is 29.1 Å². The van der Waals surface area contributed by atoms with E-state index in [-0.39, 0.29) is 12.4 Å². The minimum Gasteiger partial charge on any atom is -0.492 e. The first-order chi connectivity index (χ1) is 9.06. The molecule has 0 bridgehead atoms. The summed E-state index contributed by atoms with van der Waals surface area (Å²) in [6, 6.07) is 5.66. The largest absolute Gasteiger partial charge is 0.492 e. The fourth-order valence-corrected chi connectivity index (χ4v) is 2.11. The van der Waals surface area contributed by atoms with Gasteiger partial charge in [-0.1, -0.05) is 11.6 Å². The number of hydrogen-bond donors (Lipinski definition) is 1. The predicted molar refractivity (Wildman–Crippen MR) is 84.5 cm³/mol. The Morgan fingerprint density at radius 3 is 2.85 bits per heavy atom. The van der Waals surface area contributed by atoms with E-state index in [1.807, 2.05) is 0 Å². The first-order valence-electron chi connectivity index (χ1n) is 6.34. The van der Waals surface area contributed by atoms with E-state index in [1.54, 1.807) is 24.5 Å². The zero-order valence-electron chi connectivity index (χ0n) is 11.6. The van der Waals surface area contributed by atoms with Gasteiger partial charge in [0.05, 0.1) is 11.6 Å². The second-order valence-electron chi connectivity index (χ2n) is 4.80. The minimum absolute atomic E-state index is 0. The molecule has 4 nitrogen and oxygen atoms in total. The number of nitrogens with two attached hydrogens (primary N) is 1. The lowest BCUT2D eigenvalue weighted by Gasteiger charge is -2.31. The summed E-state index contributed by atoms with van der Waals surface area (Å²) in [6.45, 7) is 6.71. The second-order valence-corrected chi connectivity index (χ2v) is 5.21. The quantitative estimate of drug-likeness (QED) is 0.686. The van der Waals surface area contributed by atoms with Crippen molar-refractivity contribution in [3.63, 3.8) is 0 Å². The molecule has 0 radical (unpaired) electrons. The van der Waals surface area contributed by atoms with Crippen molar-refractivity contribution in [2.24, 2.45) is 0 Å². The van der Waals surface area contributed by atoms with Gasteiger partial charge in [0.2, 0.25) is 0 Å². The number of nitrogen functional groups attached to an aromatic ring is 1. The molecule has 1 aliphatic rings. The summed E-state index contributed by atoms with van der Waals surface area (Å²) < 4.78 is 11.1. The third-order valence-corrected chi connectivity index (χ3v) is 3.32. The van der Waals surface area contributed by atoms with Crippen LogP contribution in [0.5, 0.6) is 5.75 Å². The van der Waals surface area contributed by atoms with Crippen molar-refractivity contribution in [2.75, 3.05) is 25.4 Å². The van der Waals surface area contributed by atoms with Crippen LogP contribution in [0.2, 0.25) is 5.02 Å². The lowest BCUT2D eigenvalue weighted by Crippen LogP contribution is -2.39. The van der Waals surface area contributed by atoms with Crippen LogP contribution in [0.3, 0.4) is 0 Å². The smallest absolute Gasteiger partial charge is 0.145 e. The van der Waals surface area contributed by atoms with Crippen molar-refractivity contribution in [3.05, 3.63) is 35.2 Å². The summed E-state index contributed by atoms with van der Waals surface area (Å²) >= 11 is 6.04. The Bertz CT molecular complexity index is 478. The first-order valence-corrected chi connectivity index (χ1v) is 6.71. The third kappa shape index (κ3) is 4.47.